The number of benzene rings is 3. The number of ether oxygens (including phenoxy) is 1. The standard InChI is InChI=1S/C22H15BrINO4/c23-12-9-17(21(26)27)20(19(24)10-12)25-22(28)29-11-18-15-7-3-1-5-13(15)14-6-2-4-8-16(14)18/h1-10,18H,11H2,(H,25,28)(H,26,27). The normalized spacial score (nSPS) is 12.2. The van der Waals surface area contributed by atoms with Gasteiger partial charge in [-0.05, 0) is 57.0 Å². The number of halogens is 2. The lowest BCUT2D eigenvalue weighted by Crippen LogP contribution is -2.20. The van der Waals surface area contributed by atoms with Gasteiger partial charge in [-0.2, -0.15) is 0 Å². The fraction of sp³-hybridized carbons (Fsp3) is 0.0909. The quantitative estimate of drug-likeness (QED) is 0.375. The van der Waals surface area contributed by atoms with E-state index in [1.54, 1.807) is 6.07 Å². The molecule has 0 radical (unpaired) electrons. The van der Waals surface area contributed by atoms with Crippen molar-refractivity contribution in [2.45, 2.75) is 5.92 Å². The number of aromatic carboxylic acids is 1. The van der Waals surface area contributed by atoms with Crippen LogP contribution in [0.3, 0.4) is 0 Å². The number of carboxylic acids is 1. The summed E-state index contributed by atoms with van der Waals surface area (Å²) in [7, 11) is 0. The zero-order valence-electron chi connectivity index (χ0n) is 15.0. The molecule has 3 aromatic carbocycles. The molecule has 5 nitrogen and oxygen atoms in total. The maximum Gasteiger partial charge on any atom is 0.411 e. The number of carbonyl (C=O) groups is 2. The first kappa shape index (κ1) is 19.9. The molecule has 7 heteroatoms. The zero-order valence-corrected chi connectivity index (χ0v) is 18.7. The molecule has 0 saturated heterocycles. The molecule has 0 aliphatic heterocycles. The van der Waals surface area contributed by atoms with Crippen LogP contribution in [0.4, 0.5) is 10.5 Å². The maximum absolute atomic E-state index is 12.5. The van der Waals surface area contributed by atoms with Gasteiger partial charge in [0.1, 0.15) is 6.61 Å². The summed E-state index contributed by atoms with van der Waals surface area (Å²) >= 11 is 5.26. The van der Waals surface area contributed by atoms with Crippen molar-refractivity contribution >= 4 is 56.3 Å². The first-order valence-electron chi connectivity index (χ1n) is 8.80. The first-order chi connectivity index (χ1) is 14.0. The molecule has 1 aliphatic carbocycles. The van der Waals surface area contributed by atoms with Gasteiger partial charge in [-0.3, -0.25) is 5.32 Å². The Morgan fingerprint density at radius 1 is 1.03 bits per heavy atom. The second-order valence-corrected chi connectivity index (χ2v) is 8.64. The van der Waals surface area contributed by atoms with Crippen molar-refractivity contribution in [2.75, 3.05) is 11.9 Å². The molecule has 0 bridgehead atoms. The monoisotopic (exact) mass is 563 g/mol. The lowest BCUT2D eigenvalue weighted by molar-refractivity contribution is 0.0698. The van der Waals surface area contributed by atoms with Crippen molar-refractivity contribution in [3.63, 3.8) is 0 Å². The highest BCUT2D eigenvalue weighted by Crippen LogP contribution is 2.44. The largest absolute Gasteiger partial charge is 0.478 e. The van der Waals surface area contributed by atoms with Crippen molar-refractivity contribution in [1.82, 2.24) is 0 Å². The molecule has 4 rings (SSSR count). The third-order valence-corrected chi connectivity index (χ3v) is 6.16. The summed E-state index contributed by atoms with van der Waals surface area (Å²) in [5.41, 5.74) is 4.74. The van der Waals surface area contributed by atoms with Crippen molar-refractivity contribution < 1.29 is 19.4 Å². The van der Waals surface area contributed by atoms with Gasteiger partial charge in [-0.15, -0.1) is 0 Å². The van der Waals surface area contributed by atoms with Crippen molar-refractivity contribution in [1.29, 1.82) is 0 Å². The number of anilines is 1. The molecule has 1 amide bonds. The van der Waals surface area contributed by atoms with Crippen LogP contribution in [0, 0.1) is 3.57 Å². The molecule has 1 aliphatic rings. The van der Waals surface area contributed by atoms with Gasteiger partial charge in [0.25, 0.3) is 0 Å². The van der Waals surface area contributed by atoms with E-state index in [-0.39, 0.29) is 23.8 Å². The molecular weight excluding hydrogens is 549 g/mol. The van der Waals surface area contributed by atoms with E-state index in [1.807, 2.05) is 59.0 Å². The van der Waals surface area contributed by atoms with E-state index in [9.17, 15) is 14.7 Å². The van der Waals surface area contributed by atoms with Gasteiger partial charge in [0.15, 0.2) is 0 Å². The number of hydrogen-bond donors (Lipinski definition) is 2. The van der Waals surface area contributed by atoms with E-state index in [2.05, 4.69) is 33.4 Å². The number of fused-ring (bicyclic) bond motifs is 3. The Morgan fingerprint density at radius 3 is 2.21 bits per heavy atom. The van der Waals surface area contributed by atoms with Crippen molar-refractivity contribution in [3.05, 3.63) is 85.4 Å². The molecule has 0 spiro atoms. The van der Waals surface area contributed by atoms with Crippen LogP contribution in [0.25, 0.3) is 11.1 Å². The van der Waals surface area contributed by atoms with E-state index in [4.69, 9.17) is 4.74 Å². The van der Waals surface area contributed by atoms with Crippen LogP contribution in [-0.4, -0.2) is 23.8 Å². The molecular formula is C22H15BrINO4. The van der Waals surface area contributed by atoms with Crippen LogP contribution in [0.1, 0.15) is 27.4 Å². The third-order valence-electron chi connectivity index (χ3n) is 4.86. The highest BCUT2D eigenvalue weighted by atomic mass is 127. The van der Waals surface area contributed by atoms with Gasteiger partial charge in [0.05, 0.1) is 11.3 Å². The summed E-state index contributed by atoms with van der Waals surface area (Å²) in [5, 5.41) is 12.0. The number of rotatable bonds is 4. The van der Waals surface area contributed by atoms with Crippen molar-refractivity contribution in [2.24, 2.45) is 0 Å². The molecule has 0 unspecified atom stereocenters. The molecule has 0 saturated carbocycles. The average molecular weight is 564 g/mol. The van der Waals surface area contributed by atoms with Gasteiger partial charge in [0.2, 0.25) is 0 Å². The lowest BCUT2D eigenvalue weighted by atomic mass is 9.98. The minimum absolute atomic E-state index is 0.00252. The summed E-state index contributed by atoms with van der Waals surface area (Å²) in [4.78, 5) is 24.0. The molecule has 146 valence electrons. The summed E-state index contributed by atoms with van der Waals surface area (Å²) < 4.78 is 6.73. The summed E-state index contributed by atoms with van der Waals surface area (Å²) in [6.45, 7) is 0.162. The van der Waals surface area contributed by atoms with Gasteiger partial charge >= 0.3 is 12.1 Å². The fourth-order valence-electron chi connectivity index (χ4n) is 3.61. The SMILES string of the molecule is O=C(Nc1c(I)cc(Br)cc1C(=O)O)OCC1c2ccccc2-c2ccccc21. The highest BCUT2D eigenvalue weighted by molar-refractivity contribution is 14.1. The van der Waals surface area contributed by atoms with Crippen LogP contribution in [0.2, 0.25) is 0 Å². The first-order valence-corrected chi connectivity index (χ1v) is 10.7. The van der Waals surface area contributed by atoms with Crippen LogP contribution in [0.5, 0.6) is 0 Å². The Balaban J connectivity index is 1.54. The second kappa shape index (κ2) is 8.16. The topological polar surface area (TPSA) is 75.6 Å². The minimum Gasteiger partial charge on any atom is -0.478 e. The fourth-order valence-corrected chi connectivity index (χ4v) is 5.25. The second-order valence-electron chi connectivity index (χ2n) is 6.57. The Kier molecular flexibility index (Phi) is 5.60. The Bertz CT molecular complexity index is 1090. The van der Waals surface area contributed by atoms with Crippen LogP contribution in [0.15, 0.2) is 65.1 Å². The summed E-state index contributed by atoms with van der Waals surface area (Å²) in [5.74, 6) is -1.19. The third kappa shape index (κ3) is 3.89. The lowest BCUT2D eigenvalue weighted by Gasteiger charge is -2.16. The number of nitrogens with one attached hydrogen (secondary N) is 1. The van der Waals surface area contributed by atoms with E-state index in [0.717, 1.165) is 22.3 Å². The van der Waals surface area contributed by atoms with Gasteiger partial charge < -0.3 is 9.84 Å². The van der Waals surface area contributed by atoms with Crippen LogP contribution >= 0.6 is 38.5 Å². The highest BCUT2D eigenvalue weighted by Gasteiger charge is 2.29. The molecule has 0 fully saturated rings. The van der Waals surface area contributed by atoms with E-state index < -0.39 is 12.1 Å². The van der Waals surface area contributed by atoms with E-state index >= 15 is 0 Å². The number of carboxylic acid groups (broad SMARTS) is 1. The number of carbonyl (C=O) groups excluding carboxylic acids is 1. The van der Waals surface area contributed by atoms with Gasteiger partial charge in [0, 0.05) is 14.0 Å². The maximum atomic E-state index is 12.5. The van der Waals surface area contributed by atoms with Gasteiger partial charge in [-0.25, -0.2) is 9.59 Å². The Morgan fingerprint density at radius 2 is 1.62 bits per heavy atom. The number of hydrogen-bond acceptors (Lipinski definition) is 3. The number of amides is 1. The minimum atomic E-state index is -1.13. The van der Waals surface area contributed by atoms with Crippen molar-refractivity contribution in [3.8, 4) is 11.1 Å². The summed E-state index contributed by atoms with van der Waals surface area (Å²) in [6.07, 6.45) is -0.686. The molecule has 29 heavy (non-hydrogen) atoms. The molecule has 0 aromatic heterocycles. The average Bonchev–Trinajstić information content (AvgIpc) is 3.02. The predicted molar refractivity (Wildman–Crippen MR) is 123 cm³/mol. The van der Waals surface area contributed by atoms with E-state index in [0.29, 0.717) is 8.04 Å². The van der Waals surface area contributed by atoms with Crippen LogP contribution < -0.4 is 5.32 Å². The molecule has 0 heterocycles. The summed E-state index contributed by atoms with van der Waals surface area (Å²) in [6, 6.07) is 19.3. The smallest absolute Gasteiger partial charge is 0.411 e. The van der Waals surface area contributed by atoms with Crippen LogP contribution in [-0.2, 0) is 4.74 Å². The van der Waals surface area contributed by atoms with Gasteiger partial charge in [-0.1, -0.05) is 64.5 Å². The molecule has 0 atom stereocenters. The molecule has 2 N–H and O–H groups in total. The Hall–Kier alpha value is -2.39. The molecule has 3 aromatic rings. The zero-order chi connectivity index (χ0) is 20.5. The predicted octanol–water partition coefficient (Wildman–Crippen LogP) is 6.11. The van der Waals surface area contributed by atoms with E-state index in [1.165, 1.54) is 6.07 Å². The Labute approximate surface area is 189 Å².